The number of likely N-dealkylation sites (N-methyl/N-ethyl adjacent to an activating group) is 1. The van der Waals surface area contributed by atoms with Crippen LogP contribution in [0.5, 0.6) is 5.75 Å². The molecule has 0 saturated heterocycles. The van der Waals surface area contributed by atoms with Crippen LogP contribution in [0.2, 0.25) is 0 Å². The third kappa shape index (κ3) is 1.80. The predicted molar refractivity (Wildman–Crippen MR) is 69.6 cm³/mol. The second kappa shape index (κ2) is 4.08. The first-order valence-electron chi connectivity index (χ1n) is 5.80. The maximum atomic E-state index is 8.76. The van der Waals surface area contributed by atoms with Gasteiger partial charge in [-0.1, -0.05) is 20.4 Å². The Hall–Kier alpha value is -1.48. The van der Waals surface area contributed by atoms with Gasteiger partial charge in [-0.25, -0.2) is 0 Å². The van der Waals surface area contributed by atoms with Gasteiger partial charge in [-0.2, -0.15) is 0 Å². The lowest BCUT2D eigenvalue weighted by molar-refractivity contribution is 0.201. The number of ether oxygens (including phenoxy) is 1. The Morgan fingerprint density at radius 3 is 2.76 bits per heavy atom. The standard InChI is InChI=1S/C14H19NO2/c1-10-14(2,3)12-9-11(17-8-7-16)5-6-13(12)15(10)4/h5-6,9,16H,1,7-8H2,2-4H3. The second-order valence-corrected chi connectivity index (χ2v) is 4.88. The van der Waals surface area contributed by atoms with Crippen LogP contribution >= 0.6 is 0 Å². The molecule has 0 spiro atoms. The number of allylic oxidation sites excluding steroid dienone is 1. The molecule has 0 saturated carbocycles. The summed E-state index contributed by atoms with van der Waals surface area (Å²) in [5.74, 6) is 0.800. The molecule has 17 heavy (non-hydrogen) atoms. The van der Waals surface area contributed by atoms with Crippen LogP contribution in [0.1, 0.15) is 19.4 Å². The number of aliphatic hydroxyl groups excluding tert-OH is 1. The fourth-order valence-corrected chi connectivity index (χ4v) is 2.28. The van der Waals surface area contributed by atoms with E-state index in [0.717, 1.165) is 11.4 Å². The summed E-state index contributed by atoms with van der Waals surface area (Å²) in [7, 11) is 2.03. The molecule has 0 unspecified atom stereocenters. The molecule has 0 fully saturated rings. The molecule has 1 aromatic carbocycles. The van der Waals surface area contributed by atoms with Crippen molar-refractivity contribution in [1.29, 1.82) is 0 Å². The normalized spacial score (nSPS) is 17.2. The summed E-state index contributed by atoms with van der Waals surface area (Å²) in [6.07, 6.45) is 0. The minimum Gasteiger partial charge on any atom is -0.491 e. The summed E-state index contributed by atoms with van der Waals surface area (Å²) in [4.78, 5) is 2.12. The molecule has 3 heteroatoms. The third-order valence-electron chi connectivity index (χ3n) is 3.49. The molecule has 92 valence electrons. The number of nitrogens with zero attached hydrogens (tertiary/aromatic N) is 1. The largest absolute Gasteiger partial charge is 0.491 e. The van der Waals surface area contributed by atoms with Gasteiger partial charge in [0.2, 0.25) is 0 Å². The summed E-state index contributed by atoms with van der Waals surface area (Å²) in [6.45, 7) is 8.82. The van der Waals surface area contributed by atoms with Gasteiger partial charge in [0.25, 0.3) is 0 Å². The molecule has 0 atom stereocenters. The van der Waals surface area contributed by atoms with Crippen molar-refractivity contribution < 1.29 is 9.84 Å². The zero-order valence-electron chi connectivity index (χ0n) is 10.7. The number of hydrogen-bond donors (Lipinski definition) is 1. The summed E-state index contributed by atoms with van der Waals surface area (Å²) in [5, 5.41) is 8.76. The van der Waals surface area contributed by atoms with E-state index in [4.69, 9.17) is 9.84 Å². The summed E-state index contributed by atoms with van der Waals surface area (Å²) < 4.78 is 5.45. The van der Waals surface area contributed by atoms with E-state index in [9.17, 15) is 0 Å². The number of benzene rings is 1. The molecule has 1 aliphatic heterocycles. The van der Waals surface area contributed by atoms with Crippen LogP contribution in [0, 0.1) is 0 Å². The van der Waals surface area contributed by atoms with Crippen molar-refractivity contribution >= 4 is 5.69 Å². The lowest BCUT2D eigenvalue weighted by Crippen LogP contribution is -2.21. The number of rotatable bonds is 3. The van der Waals surface area contributed by atoms with E-state index < -0.39 is 0 Å². The van der Waals surface area contributed by atoms with E-state index in [2.05, 4.69) is 25.3 Å². The highest BCUT2D eigenvalue weighted by Gasteiger charge is 2.37. The molecule has 1 heterocycles. The van der Waals surface area contributed by atoms with Gasteiger partial charge in [0.05, 0.1) is 6.61 Å². The van der Waals surface area contributed by atoms with Crippen molar-refractivity contribution in [3.05, 3.63) is 36.0 Å². The van der Waals surface area contributed by atoms with E-state index in [1.54, 1.807) is 0 Å². The third-order valence-corrected chi connectivity index (χ3v) is 3.49. The van der Waals surface area contributed by atoms with Gasteiger partial charge < -0.3 is 14.7 Å². The molecule has 1 aromatic rings. The Morgan fingerprint density at radius 1 is 1.41 bits per heavy atom. The Kier molecular flexibility index (Phi) is 2.87. The van der Waals surface area contributed by atoms with Crippen LogP contribution in [0.15, 0.2) is 30.5 Å². The minimum atomic E-state index is -0.0668. The Labute approximate surface area is 102 Å². The quantitative estimate of drug-likeness (QED) is 0.869. The van der Waals surface area contributed by atoms with Gasteiger partial charge in [-0.15, -0.1) is 0 Å². The molecule has 0 radical (unpaired) electrons. The van der Waals surface area contributed by atoms with Gasteiger partial charge in [0.15, 0.2) is 0 Å². The fraction of sp³-hybridized carbons (Fsp3) is 0.429. The van der Waals surface area contributed by atoms with E-state index in [1.807, 2.05) is 25.2 Å². The first-order chi connectivity index (χ1) is 7.98. The lowest BCUT2D eigenvalue weighted by Gasteiger charge is -2.22. The average molecular weight is 233 g/mol. The lowest BCUT2D eigenvalue weighted by atomic mass is 9.84. The number of anilines is 1. The molecule has 3 nitrogen and oxygen atoms in total. The second-order valence-electron chi connectivity index (χ2n) is 4.88. The fourth-order valence-electron chi connectivity index (χ4n) is 2.28. The monoisotopic (exact) mass is 233 g/mol. The van der Waals surface area contributed by atoms with Crippen LogP contribution in [0.25, 0.3) is 0 Å². The zero-order chi connectivity index (χ0) is 12.6. The molecule has 1 aliphatic rings. The number of aliphatic hydroxyl groups is 1. The molecule has 0 bridgehead atoms. The van der Waals surface area contributed by atoms with Crippen LogP contribution < -0.4 is 9.64 Å². The highest BCUT2D eigenvalue weighted by molar-refractivity contribution is 5.70. The predicted octanol–water partition coefficient (Wildman–Crippen LogP) is 2.30. The molecular weight excluding hydrogens is 214 g/mol. The van der Waals surface area contributed by atoms with Crippen molar-refractivity contribution in [1.82, 2.24) is 0 Å². The van der Waals surface area contributed by atoms with Gasteiger partial charge >= 0.3 is 0 Å². The van der Waals surface area contributed by atoms with Crippen LogP contribution in [0.4, 0.5) is 5.69 Å². The van der Waals surface area contributed by atoms with Crippen molar-refractivity contribution in [3.63, 3.8) is 0 Å². The van der Waals surface area contributed by atoms with E-state index in [-0.39, 0.29) is 12.0 Å². The van der Waals surface area contributed by atoms with Crippen molar-refractivity contribution in [3.8, 4) is 5.75 Å². The Bertz CT molecular complexity index is 452. The van der Waals surface area contributed by atoms with Crippen molar-refractivity contribution in [2.75, 3.05) is 25.2 Å². The van der Waals surface area contributed by atoms with E-state index in [0.29, 0.717) is 6.61 Å². The summed E-state index contributed by atoms with van der Waals surface area (Å²) in [6, 6.07) is 6.02. The molecule has 0 aliphatic carbocycles. The Morgan fingerprint density at radius 2 is 2.12 bits per heavy atom. The summed E-state index contributed by atoms with van der Waals surface area (Å²) in [5.41, 5.74) is 3.42. The van der Waals surface area contributed by atoms with Crippen LogP contribution in [-0.4, -0.2) is 25.4 Å². The summed E-state index contributed by atoms with van der Waals surface area (Å²) >= 11 is 0. The maximum Gasteiger partial charge on any atom is 0.119 e. The molecule has 0 aromatic heterocycles. The smallest absolute Gasteiger partial charge is 0.119 e. The van der Waals surface area contributed by atoms with Gasteiger partial charge in [-0.05, 0) is 23.8 Å². The minimum absolute atomic E-state index is 0.0348. The first kappa shape index (κ1) is 12.0. The topological polar surface area (TPSA) is 32.7 Å². The first-order valence-corrected chi connectivity index (χ1v) is 5.80. The van der Waals surface area contributed by atoms with Crippen LogP contribution in [0.3, 0.4) is 0 Å². The molecule has 0 amide bonds. The van der Waals surface area contributed by atoms with Crippen molar-refractivity contribution in [2.45, 2.75) is 19.3 Å². The van der Waals surface area contributed by atoms with Gasteiger partial charge in [-0.3, -0.25) is 0 Å². The zero-order valence-corrected chi connectivity index (χ0v) is 10.7. The highest BCUT2D eigenvalue weighted by Crippen LogP contribution is 2.47. The van der Waals surface area contributed by atoms with Gasteiger partial charge in [0.1, 0.15) is 12.4 Å². The highest BCUT2D eigenvalue weighted by atomic mass is 16.5. The van der Waals surface area contributed by atoms with Crippen molar-refractivity contribution in [2.24, 2.45) is 0 Å². The Balaban J connectivity index is 2.40. The molecule has 2 rings (SSSR count). The number of hydrogen-bond acceptors (Lipinski definition) is 3. The average Bonchev–Trinajstić information content (AvgIpc) is 2.49. The van der Waals surface area contributed by atoms with Crippen LogP contribution in [-0.2, 0) is 5.41 Å². The van der Waals surface area contributed by atoms with Gasteiger partial charge in [0, 0.05) is 23.8 Å². The van der Waals surface area contributed by atoms with E-state index in [1.165, 1.54) is 11.3 Å². The SMILES string of the molecule is C=C1N(C)c2ccc(OCCO)cc2C1(C)C. The van der Waals surface area contributed by atoms with E-state index >= 15 is 0 Å². The molecular formula is C14H19NO2. The maximum absolute atomic E-state index is 8.76. The number of fused-ring (bicyclic) bond motifs is 1. The molecule has 1 N–H and O–H groups in total.